The van der Waals surface area contributed by atoms with Gasteiger partial charge in [-0.25, -0.2) is 18.1 Å². The zero-order chi connectivity index (χ0) is 12.6. The molecule has 0 bridgehead atoms. The molecule has 1 aromatic heterocycles. The van der Waals surface area contributed by atoms with Gasteiger partial charge in [0.25, 0.3) is 10.0 Å². The van der Waals surface area contributed by atoms with Crippen LogP contribution in [-0.4, -0.2) is 29.5 Å². The lowest BCUT2D eigenvalue weighted by Crippen LogP contribution is -2.54. The van der Waals surface area contributed by atoms with Crippen molar-refractivity contribution >= 4 is 10.0 Å². The molecule has 0 spiro atoms. The van der Waals surface area contributed by atoms with Gasteiger partial charge in [0, 0.05) is 24.8 Å². The molecule has 0 aliphatic rings. The zero-order valence-electron chi connectivity index (χ0n) is 9.93. The van der Waals surface area contributed by atoms with Crippen molar-refractivity contribution in [2.75, 3.05) is 0 Å². The Balaban J connectivity index is 2.97. The van der Waals surface area contributed by atoms with Crippen molar-refractivity contribution in [1.82, 2.24) is 14.3 Å². The average Bonchev–Trinajstić information content (AvgIpc) is 2.50. The van der Waals surface area contributed by atoms with Crippen molar-refractivity contribution in [3.8, 4) is 0 Å². The molecule has 0 radical (unpaired) electrons. The van der Waals surface area contributed by atoms with Gasteiger partial charge >= 0.3 is 0 Å². The smallest absolute Gasteiger partial charge is 0.260 e. The second kappa shape index (κ2) is 4.15. The van der Waals surface area contributed by atoms with E-state index in [0.717, 1.165) is 0 Å². The second-order valence-corrected chi connectivity index (χ2v) is 6.12. The van der Waals surface area contributed by atoms with Crippen molar-refractivity contribution in [2.24, 2.45) is 12.8 Å². The average molecular weight is 246 g/mol. The number of hydrogen-bond acceptors (Lipinski definition) is 4. The number of nitrogens with one attached hydrogen (secondary N) is 1. The van der Waals surface area contributed by atoms with Crippen LogP contribution >= 0.6 is 0 Å². The van der Waals surface area contributed by atoms with Gasteiger partial charge in [0.15, 0.2) is 5.03 Å². The van der Waals surface area contributed by atoms with Crippen molar-refractivity contribution in [1.29, 1.82) is 0 Å². The number of nitrogens with two attached hydrogens (primary N) is 1. The summed E-state index contributed by atoms with van der Waals surface area (Å²) < 4.78 is 28.0. The summed E-state index contributed by atoms with van der Waals surface area (Å²) in [7, 11) is -1.89. The van der Waals surface area contributed by atoms with E-state index in [0.29, 0.717) is 0 Å². The van der Waals surface area contributed by atoms with E-state index in [1.54, 1.807) is 32.4 Å². The summed E-state index contributed by atoms with van der Waals surface area (Å²) in [6.07, 6.45) is 2.88. The fourth-order valence-electron chi connectivity index (χ4n) is 1.02. The Morgan fingerprint density at radius 1 is 1.56 bits per heavy atom. The maximum atomic E-state index is 11.9. The predicted octanol–water partition coefficient (Wildman–Crippen LogP) is -0.176. The normalized spacial score (nSPS) is 15.1. The zero-order valence-corrected chi connectivity index (χ0v) is 10.7. The van der Waals surface area contributed by atoms with Gasteiger partial charge in [0.05, 0.1) is 6.33 Å². The van der Waals surface area contributed by atoms with Crippen molar-refractivity contribution < 1.29 is 8.42 Å². The molecule has 0 aliphatic carbocycles. The Hall–Kier alpha value is -0.920. The fourth-order valence-corrected chi connectivity index (χ4v) is 2.49. The number of sulfonamides is 1. The first-order valence-corrected chi connectivity index (χ1v) is 6.41. The van der Waals surface area contributed by atoms with Gasteiger partial charge in [-0.2, -0.15) is 0 Å². The molecule has 3 N–H and O–H groups in total. The topological polar surface area (TPSA) is 90.0 Å². The molecule has 0 amide bonds. The highest BCUT2D eigenvalue weighted by Crippen LogP contribution is 2.13. The molecular weight excluding hydrogens is 228 g/mol. The van der Waals surface area contributed by atoms with E-state index in [4.69, 9.17) is 5.73 Å². The molecule has 1 atom stereocenters. The number of rotatable bonds is 4. The van der Waals surface area contributed by atoms with Crippen LogP contribution in [0.5, 0.6) is 0 Å². The first-order chi connectivity index (χ1) is 7.15. The standard InChI is InChI=1S/C9H18N4O2S/c1-7(10)9(2,3)12-16(14,15)8-5-13(4)6-11-8/h5-7,12H,10H2,1-4H3. The van der Waals surface area contributed by atoms with Crippen LogP contribution in [0, 0.1) is 0 Å². The van der Waals surface area contributed by atoms with Gasteiger partial charge in [-0.1, -0.05) is 0 Å². The van der Waals surface area contributed by atoms with Gasteiger partial charge in [0.1, 0.15) is 0 Å². The van der Waals surface area contributed by atoms with E-state index < -0.39 is 15.6 Å². The minimum Gasteiger partial charge on any atom is -0.339 e. The SMILES string of the molecule is CC(N)C(C)(C)NS(=O)(=O)c1cn(C)cn1. The highest BCUT2D eigenvalue weighted by molar-refractivity contribution is 7.89. The molecule has 16 heavy (non-hydrogen) atoms. The monoisotopic (exact) mass is 246 g/mol. The molecule has 0 fully saturated rings. The summed E-state index contributed by atoms with van der Waals surface area (Å²) in [4.78, 5) is 3.80. The maximum Gasteiger partial charge on any atom is 0.260 e. The lowest BCUT2D eigenvalue weighted by molar-refractivity contribution is 0.387. The van der Waals surface area contributed by atoms with Crippen molar-refractivity contribution in [3.63, 3.8) is 0 Å². The van der Waals surface area contributed by atoms with Gasteiger partial charge in [-0.05, 0) is 20.8 Å². The fraction of sp³-hybridized carbons (Fsp3) is 0.667. The van der Waals surface area contributed by atoms with E-state index in [9.17, 15) is 8.42 Å². The molecule has 0 saturated carbocycles. The van der Waals surface area contributed by atoms with Crippen LogP contribution in [-0.2, 0) is 17.1 Å². The summed E-state index contributed by atoms with van der Waals surface area (Å²) in [6, 6.07) is -0.300. The third-order valence-corrected chi connectivity index (χ3v) is 4.05. The minimum atomic E-state index is -3.60. The Morgan fingerprint density at radius 3 is 2.50 bits per heavy atom. The molecule has 0 aliphatic heterocycles. The lowest BCUT2D eigenvalue weighted by Gasteiger charge is -2.29. The molecule has 0 saturated heterocycles. The highest BCUT2D eigenvalue weighted by Gasteiger charge is 2.30. The maximum absolute atomic E-state index is 11.9. The van der Waals surface area contributed by atoms with Gasteiger partial charge in [-0.3, -0.25) is 0 Å². The minimum absolute atomic E-state index is 0.00345. The molecule has 1 heterocycles. The van der Waals surface area contributed by atoms with Crippen LogP contribution in [0.15, 0.2) is 17.6 Å². The lowest BCUT2D eigenvalue weighted by atomic mass is 9.99. The molecular formula is C9H18N4O2S. The molecule has 1 rings (SSSR count). The largest absolute Gasteiger partial charge is 0.339 e. The van der Waals surface area contributed by atoms with Crippen LogP contribution in [0.1, 0.15) is 20.8 Å². The Labute approximate surface area is 95.9 Å². The van der Waals surface area contributed by atoms with E-state index in [1.165, 1.54) is 12.5 Å². The number of hydrogen-bond donors (Lipinski definition) is 2. The molecule has 92 valence electrons. The van der Waals surface area contributed by atoms with Gasteiger partial charge in [-0.15, -0.1) is 0 Å². The van der Waals surface area contributed by atoms with Crippen molar-refractivity contribution in [2.45, 2.75) is 37.4 Å². The number of aryl methyl sites for hydroxylation is 1. The molecule has 6 nitrogen and oxygen atoms in total. The Kier molecular flexibility index (Phi) is 3.41. The third kappa shape index (κ3) is 2.81. The van der Waals surface area contributed by atoms with Crippen LogP contribution in [0.25, 0.3) is 0 Å². The first kappa shape index (κ1) is 13.1. The van der Waals surface area contributed by atoms with E-state index in [-0.39, 0.29) is 11.1 Å². The molecule has 0 aromatic carbocycles. The predicted molar refractivity (Wildman–Crippen MR) is 61.3 cm³/mol. The van der Waals surface area contributed by atoms with E-state index in [2.05, 4.69) is 9.71 Å². The third-order valence-electron chi connectivity index (χ3n) is 2.49. The van der Waals surface area contributed by atoms with Crippen LogP contribution in [0.3, 0.4) is 0 Å². The summed E-state index contributed by atoms with van der Waals surface area (Å²) in [5.41, 5.74) is 5.00. The van der Waals surface area contributed by atoms with Gasteiger partial charge < -0.3 is 10.3 Å². The number of nitrogens with zero attached hydrogens (tertiary/aromatic N) is 2. The van der Waals surface area contributed by atoms with Crippen LogP contribution in [0.4, 0.5) is 0 Å². The van der Waals surface area contributed by atoms with E-state index in [1.807, 2.05) is 0 Å². The Bertz CT molecular complexity index is 462. The number of aromatic nitrogens is 2. The summed E-state index contributed by atoms with van der Waals surface area (Å²) >= 11 is 0. The van der Waals surface area contributed by atoms with E-state index >= 15 is 0 Å². The van der Waals surface area contributed by atoms with Crippen molar-refractivity contribution in [3.05, 3.63) is 12.5 Å². The van der Waals surface area contributed by atoms with Crippen LogP contribution in [0.2, 0.25) is 0 Å². The van der Waals surface area contributed by atoms with Gasteiger partial charge in [0.2, 0.25) is 0 Å². The number of imidazole rings is 1. The Morgan fingerprint density at radius 2 is 2.12 bits per heavy atom. The summed E-state index contributed by atoms with van der Waals surface area (Å²) in [6.45, 7) is 5.22. The highest BCUT2D eigenvalue weighted by atomic mass is 32.2. The summed E-state index contributed by atoms with van der Waals surface area (Å²) in [5.74, 6) is 0. The molecule has 7 heteroatoms. The summed E-state index contributed by atoms with van der Waals surface area (Å²) in [5, 5.41) is 0.00345. The second-order valence-electron chi connectivity index (χ2n) is 4.49. The molecule has 1 aromatic rings. The first-order valence-electron chi connectivity index (χ1n) is 4.93. The van der Waals surface area contributed by atoms with Crippen LogP contribution < -0.4 is 10.5 Å². The quantitative estimate of drug-likeness (QED) is 0.771. The molecule has 1 unspecified atom stereocenters.